The maximum absolute atomic E-state index is 12.5. The number of aromatic nitrogens is 3. The Labute approximate surface area is 148 Å². The first-order chi connectivity index (χ1) is 12.1. The van der Waals surface area contributed by atoms with E-state index in [2.05, 4.69) is 4.98 Å². The first kappa shape index (κ1) is 14.8. The molecule has 1 aromatic carbocycles. The Kier molecular flexibility index (Phi) is 3.12. The lowest BCUT2D eigenvalue weighted by Crippen LogP contribution is -2.15. The topological polar surface area (TPSA) is 68.0 Å². The largest absolute Gasteiger partial charge is 0.510 e. The molecule has 0 fully saturated rings. The summed E-state index contributed by atoms with van der Waals surface area (Å²) in [6.45, 7) is 2.29. The molecule has 0 spiro atoms. The number of aliphatic hydroxyl groups is 1. The molecule has 2 aromatic heterocycles. The molecule has 5 nitrogen and oxygen atoms in total. The highest BCUT2D eigenvalue weighted by Gasteiger charge is 2.29. The summed E-state index contributed by atoms with van der Waals surface area (Å²) in [4.78, 5) is 22.9. The van der Waals surface area contributed by atoms with E-state index in [9.17, 15) is 9.90 Å². The predicted octanol–water partition coefficient (Wildman–Crippen LogP) is 3.37. The zero-order valence-electron chi connectivity index (χ0n) is 13.9. The van der Waals surface area contributed by atoms with Crippen molar-refractivity contribution in [3.05, 3.63) is 61.3 Å². The van der Waals surface area contributed by atoms with Gasteiger partial charge in [-0.25, -0.2) is 4.98 Å². The molecular weight excluding hydrogens is 334 g/mol. The molecule has 1 aliphatic carbocycles. The van der Waals surface area contributed by atoms with Crippen LogP contribution in [0.3, 0.4) is 0 Å². The van der Waals surface area contributed by atoms with Gasteiger partial charge in [-0.15, -0.1) is 11.3 Å². The average molecular weight is 351 g/mol. The van der Waals surface area contributed by atoms with E-state index in [1.54, 1.807) is 11.3 Å². The summed E-state index contributed by atoms with van der Waals surface area (Å²) in [5, 5.41) is 12.0. The third kappa shape index (κ3) is 2.17. The van der Waals surface area contributed by atoms with E-state index < -0.39 is 0 Å². The lowest BCUT2D eigenvalue weighted by molar-refractivity contribution is 0.389. The van der Waals surface area contributed by atoms with Crippen LogP contribution in [0.1, 0.15) is 39.8 Å². The van der Waals surface area contributed by atoms with Crippen LogP contribution >= 0.6 is 11.3 Å². The number of thiazole rings is 1. The summed E-state index contributed by atoms with van der Waals surface area (Å²) in [5.41, 5.74) is 3.35. The second kappa shape index (κ2) is 5.26. The fourth-order valence-electron chi connectivity index (χ4n) is 3.77. The fourth-order valence-corrected chi connectivity index (χ4v) is 4.99. The summed E-state index contributed by atoms with van der Waals surface area (Å²) in [6, 6.07) is 5.77. The van der Waals surface area contributed by atoms with Crippen molar-refractivity contribution in [1.82, 2.24) is 14.5 Å². The minimum atomic E-state index is -0.251. The molecule has 0 bridgehead atoms. The SMILES string of the molecule is Cc1ccc2c(c1)c(=O)nc1n2CC(O)=C1c1nc2c(s1)CCCC2. The molecule has 3 heterocycles. The highest BCUT2D eigenvalue weighted by atomic mass is 32.1. The van der Waals surface area contributed by atoms with Gasteiger partial charge in [0.2, 0.25) is 0 Å². The smallest absolute Gasteiger partial charge is 0.281 e. The van der Waals surface area contributed by atoms with Gasteiger partial charge in [0, 0.05) is 4.88 Å². The molecule has 5 rings (SSSR count). The van der Waals surface area contributed by atoms with E-state index in [4.69, 9.17) is 4.98 Å². The van der Waals surface area contributed by atoms with Crippen molar-refractivity contribution in [2.45, 2.75) is 39.2 Å². The number of aryl methyl sites for hydroxylation is 3. The van der Waals surface area contributed by atoms with Crippen molar-refractivity contribution < 1.29 is 5.11 Å². The molecule has 3 aromatic rings. The Hall–Kier alpha value is -2.47. The Morgan fingerprint density at radius 1 is 1.20 bits per heavy atom. The second-order valence-electron chi connectivity index (χ2n) is 6.77. The molecule has 0 unspecified atom stereocenters. The van der Waals surface area contributed by atoms with Crippen molar-refractivity contribution >= 4 is 27.8 Å². The van der Waals surface area contributed by atoms with E-state index in [-0.39, 0.29) is 11.3 Å². The molecule has 0 atom stereocenters. The van der Waals surface area contributed by atoms with Crippen LogP contribution in [0.5, 0.6) is 0 Å². The average Bonchev–Trinajstić information content (AvgIpc) is 3.15. The zero-order chi connectivity index (χ0) is 17.1. The van der Waals surface area contributed by atoms with E-state index >= 15 is 0 Å². The maximum Gasteiger partial charge on any atom is 0.281 e. The van der Waals surface area contributed by atoms with E-state index in [0.717, 1.165) is 34.6 Å². The number of hydrogen-bond acceptors (Lipinski definition) is 5. The number of benzene rings is 1. The van der Waals surface area contributed by atoms with Gasteiger partial charge in [0.05, 0.1) is 28.7 Å². The minimum Gasteiger partial charge on any atom is -0.510 e. The molecule has 126 valence electrons. The summed E-state index contributed by atoms with van der Waals surface area (Å²) in [6.07, 6.45) is 4.41. The van der Waals surface area contributed by atoms with Crippen molar-refractivity contribution in [3.8, 4) is 0 Å². The second-order valence-corrected chi connectivity index (χ2v) is 7.85. The fraction of sp³-hybridized carbons (Fsp3) is 0.316. The minimum absolute atomic E-state index is 0.242. The quantitative estimate of drug-likeness (QED) is 0.730. The first-order valence-electron chi connectivity index (χ1n) is 8.54. The van der Waals surface area contributed by atoms with Crippen LogP contribution in [0, 0.1) is 6.92 Å². The third-order valence-electron chi connectivity index (χ3n) is 5.02. The van der Waals surface area contributed by atoms with Gasteiger partial charge in [0.15, 0.2) is 5.82 Å². The summed E-state index contributed by atoms with van der Waals surface area (Å²) >= 11 is 1.63. The van der Waals surface area contributed by atoms with Gasteiger partial charge in [-0.1, -0.05) is 11.6 Å². The van der Waals surface area contributed by atoms with Crippen molar-refractivity contribution in [2.24, 2.45) is 0 Å². The van der Waals surface area contributed by atoms with E-state index in [0.29, 0.717) is 23.3 Å². The van der Waals surface area contributed by atoms with Crippen LogP contribution in [0.4, 0.5) is 0 Å². The number of fused-ring (bicyclic) bond motifs is 4. The summed E-state index contributed by atoms with van der Waals surface area (Å²) in [7, 11) is 0. The normalized spacial score (nSPS) is 16.4. The van der Waals surface area contributed by atoms with Crippen molar-refractivity contribution in [2.75, 3.05) is 0 Å². The maximum atomic E-state index is 12.5. The van der Waals surface area contributed by atoms with Gasteiger partial charge in [-0.05, 0) is 44.7 Å². The highest BCUT2D eigenvalue weighted by Crippen LogP contribution is 2.37. The number of rotatable bonds is 1. The standard InChI is InChI=1S/C19H17N3O2S/c1-10-6-7-13-11(8-10)18(24)21-17-16(14(23)9-22(13)17)19-20-12-4-2-3-5-15(12)25-19/h6-8,23H,2-5,9H2,1H3. The lowest BCUT2D eigenvalue weighted by Gasteiger charge is -2.09. The van der Waals surface area contributed by atoms with Crippen LogP contribution in [-0.4, -0.2) is 19.6 Å². The lowest BCUT2D eigenvalue weighted by atomic mass is 10.0. The Morgan fingerprint density at radius 3 is 2.88 bits per heavy atom. The third-order valence-corrected chi connectivity index (χ3v) is 6.19. The summed E-state index contributed by atoms with van der Waals surface area (Å²) < 4.78 is 1.92. The van der Waals surface area contributed by atoms with Gasteiger partial charge in [0.25, 0.3) is 5.56 Å². The van der Waals surface area contributed by atoms with Gasteiger partial charge >= 0.3 is 0 Å². The molecular formula is C19H17N3O2S. The molecule has 1 N–H and O–H groups in total. The highest BCUT2D eigenvalue weighted by molar-refractivity contribution is 7.13. The Bertz CT molecular complexity index is 1100. The number of nitrogens with zero attached hydrogens (tertiary/aromatic N) is 3. The molecule has 0 saturated heterocycles. The Morgan fingerprint density at radius 2 is 2.04 bits per heavy atom. The number of aliphatic hydroxyl groups excluding tert-OH is 1. The van der Waals surface area contributed by atoms with Gasteiger partial charge < -0.3 is 9.67 Å². The van der Waals surface area contributed by atoms with E-state index in [1.165, 1.54) is 17.7 Å². The van der Waals surface area contributed by atoms with Crippen LogP contribution in [0.2, 0.25) is 0 Å². The molecule has 0 saturated carbocycles. The van der Waals surface area contributed by atoms with Crippen molar-refractivity contribution in [3.63, 3.8) is 0 Å². The van der Waals surface area contributed by atoms with Gasteiger partial charge in [-0.2, -0.15) is 4.98 Å². The van der Waals surface area contributed by atoms with Crippen molar-refractivity contribution in [1.29, 1.82) is 0 Å². The molecule has 25 heavy (non-hydrogen) atoms. The molecule has 0 amide bonds. The molecule has 6 heteroatoms. The number of hydrogen-bond donors (Lipinski definition) is 1. The van der Waals surface area contributed by atoms with Crippen LogP contribution < -0.4 is 5.56 Å². The first-order valence-corrected chi connectivity index (χ1v) is 9.36. The van der Waals surface area contributed by atoms with E-state index in [1.807, 2.05) is 29.7 Å². The zero-order valence-corrected chi connectivity index (χ0v) is 14.7. The molecule has 1 aliphatic heterocycles. The van der Waals surface area contributed by atoms with Crippen LogP contribution in [-0.2, 0) is 19.4 Å². The monoisotopic (exact) mass is 351 g/mol. The van der Waals surface area contributed by atoms with Crippen LogP contribution in [0.25, 0.3) is 16.5 Å². The number of allylic oxidation sites excluding steroid dienone is 1. The van der Waals surface area contributed by atoms with Gasteiger partial charge in [0.1, 0.15) is 10.8 Å². The molecule has 2 aliphatic rings. The van der Waals surface area contributed by atoms with Crippen LogP contribution in [0.15, 0.2) is 28.8 Å². The summed E-state index contributed by atoms with van der Waals surface area (Å²) in [5.74, 6) is 0.774. The Balaban J connectivity index is 1.73. The molecule has 0 radical (unpaired) electrons. The predicted molar refractivity (Wildman–Crippen MR) is 98.1 cm³/mol. The van der Waals surface area contributed by atoms with Gasteiger partial charge in [-0.3, -0.25) is 4.79 Å².